The molecule has 0 aromatic carbocycles. The van der Waals surface area contributed by atoms with Gasteiger partial charge in [-0.25, -0.2) is 0 Å². The van der Waals surface area contributed by atoms with Crippen molar-refractivity contribution in [3.8, 4) is 0 Å². The van der Waals surface area contributed by atoms with Gasteiger partial charge in [-0.2, -0.15) is 16.9 Å². The van der Waals surface area contributed by atoms with Crippen LogP contribution in [-0.4, -0.2) is 28.0 Å². The van der Waals surface area contributed by atoms with Crippen molar-refractivity contribution in [2.24, 2.45) is 7.05 Å². The Morgan fingerprint density at radius 2 is 2.27 bits per heavy atom. The molecule has 0 bridgehead atoms. The average molecular weight is 338 g/mol. The lowest BCUT2D eigenvalue weighted by atomic mass is 9.98. The number of thiophene rings is 1. The van der Waals surface area contributed by atoms with Crippen molar-refractivity contribution in [3.63, 3.8) is 0 Å². The van der Waals surface area contributed by atoms with Crippen molar-refractivity contribution in [3.05, 3.63) is 39.3 Å². The largest absolute Gasteiger partial charge is 0.355 e. The molecule has 0 aliphatic heterocycles. The minimum Gasteiger partial charge on any atom is -0.355 e. The molecule has 0 saturated carbocycles. The third-order valence-electron chi connectivity index (χ3n) is 3.76. The smallest absolute Gasteiger partial charge is 0.227 e. The van der Waals surface area contributed by atoms with Gasteiger partial charge in [0, 0.05) is 41.2 Å². The van der Waals surface area contributed by atoms with Gasteiger partial charge in [0.15, 0.2) is 0 Å². The van der Waals surface area contributed by atoms with Crippen LogP contribution in [0.5, 0.6) is 0 Å². The molecule has 0 unspecified atom stereocenters. The van der Waals surface area contributed by atoms with Crippen LogP contribution in [0.2, 0.25) is 0 Å². The van der Waals surface area contributed by atoms with E-state index in [1.165, 1.54) is 4.88 Å². The summed E-state index contributed by atoms with van der Waals surface area (Å²) in [6.45, 7) is 6.63. The molecule has 0 aliphatic carbocycles. The Morgan fingerprint density at radius 3 is 2.86 bits per heavy atom. The number of carbonyl (C=O) groups excluding carboxylic acids is 1. The first-order valence-corrected chi connectivity index (χ1v) is 9.42. The van der Waals surface area contributed by atoms with E-state index in [0.717, 1.165) is 28.5 Å². The van der Waals surface area contributed by atoms with Gasteiger partial charge in [-0.05, 0) is 32.2 Å². The van der Waals surface area contributed by atoms with Gasteiger partial charge in [0.2, 0.25) is 5.91 Å². The fourth-order valence-electron chi connectivity index (χ4n) is 2.51. The zero-order chi connectivity index (χ0) is 16.1. The first-order chi connectivity index (χ1) is 10.5. The molecule has 0 aliphatic rings. The second kappa shape index (κ2) is 7.83. The standard InChI is InChI=1S/C16H23N3OS2/c1-11(15-12(2)18-19(4)13(15)3)16(20)17-7-9-21-10-14-6-5-8-22-14/h5-6,8,11H,7,9-10H2,1-4H3,(H,17,20)/t11-/m1/s1. The summed E-state index contributed by atoms with van der Waals surface area (Å²) in [4.78, 5) is 13.7. The maximum Gasteiger partial charge on any atom is 0.227 e. The Balaban J connectivity index is 1.77. The number of carbonyl (C=O) groups is 1. The van der Waals surface area contributed by atoms with Gasteiger partial charge < -0.3 is 5.32 Å². The lowest BCUT2D eigenvalue weighted by Crippen LogP contribution is -2.30. The third-order valence-corrected chi connectivity index (χ3v) is 5.83. The third kappa shape index (κ3) is 4.14. The van der Waals surface area contributed by atoms with E-state index in [4.69, 9.17) is 0 Å². The Kier molecular flexibility index (Phi) is 6.08. The van der Waals surface area contributed by atoms with Crippen LogP contribution in [0.25, 0.3) is 0 Å². The predicted molar refractivity (Wildman–Crippen MR) is 94.6 cm³/mol. The number of rotatable bonds is 7. The van der Waals surface area contributed by atoms with Gasteiger partial charge in [0.1, 0.15) is 0 Å². The van der Waals surface area contributed by atoms with E-state index in [9.17, 15) is 4.79 Å². The summed E-state index contributed by atoms with van der Waals surface area (Å²) >= 11 is 3.63. The van der Waals surface area contributed by atoms with E-state index in [-0.39, 0.29) is 11.8 Å². The van der Waals surface area contributed by atoms with Crippen LogP contribution in [-0.2, 0) is 17.6 Å². The predicted octanol–water partition coefficient (Wildman–Crippen LogP) is 3.25. The van der Waals surface area contributed by atoms with Gasteiger partial charge in [-0.15, -0.1) is 11.3 Å². The van der Waals surface area contributed by atoms with E-state index < -0.39 is 0 Å². The van der Waals surface area contributed by atoms with Gasteiger partial charge in [0.25, 0.3) is 0 Å². The molecule has 0 saturated heterocycles. The highest BCUT2D eigenvalue weighted by atomic mass is 32.2. The van der Waals surface area contributed by atoms with Crippen LogP contribution in [0.3, 0.4) is 0 Å². The zero-order valence-corrected chi connectivity index (χ0v) is 15.2. The molecule has 0 fully saturated rings. The highest BCUT2D eigenvalue weighted by molar-refractivity contribution is 7.98. The van der Waals surface area contributed by atoms with E-state index in [1.807, 2.05) is 44.3 Å². The average Bonchev–Trinajstić information content (AvgIpc) is 3.07. The molecule has 0 radical (unpaired) electrons. The van der Waals surface area contributed by atoms with Crippen LogP contribution in [0, 0.1) is 13.8 Å². The molecule has 6 heteroatoms. The molecule has 2 heterocycles. The number of aromatic nitrogens is 2. The van der Waals surface area contributed by atoms with Crippen LogP contribution in [0.15, 0.2) is 17.5 Å². The number of nitrogens with one attached hydrogen (secondary N) is 1. The second-order valence-corrected chi connectivity index (χ2v) is 7.49. The molecular formula is C16H23N3OS2. The van der Waals surface area contributed by atoms with Gasteiger partial charge in [-0.3, -0.25) is 9.48 Å². The number of hydrogen-bond acceptors (Lipinski definition) is 4. The van der Waals surface area contributed by atoms with Crippen molar-refractivity contribution >= 4 is 29.0 Å². The second-order valence-electron chi connectivity index (χ2n) is 5.35. The summed E-state index contributed by atoms with van der Waals surface area (Å²) in [5.41, 5.74) is 3.05. The Hall–Kier alpha value is -1.27. The summed E-state index contributed by atoms with van der Waals surface area (Å²) < 4.78 is 1.84. The quantitative estimate of drug-likeness (QED) is 0.789. The number of nitrogens with zero attached hydrogens (tertiary/aromatic N) is 2. The van der Waals surface area contributed by atoms with Crippen molar-refractivity contribution in [1.82, 2.24) is 15.1 Å². The maximum absolute atomic E-state index is 12.3. The summed E-state index contributed by atoms with van der Waals surface area (Å²) in [6.07, 6.45) is 0. The maximum atomic E-state index is 12.3. The molecule has 2 aromatic heterocycles. The number of aryl methyl sites for hydroxylation is 2. The monoisotopic (exact) mass is 337 g/mol. The highest BCUT2D eigenvalue weighted by Crippen LogP contribution is 2.23. The lowest BCUT2D eigenvalue weighted by molar-refractivity contribution is -0.122. The van der Waals surface area contributed by atoms with Crippen LogP contribution in [0.1, 0.15) is 34.7 Å². The fraction of sp³-hybridized carbons (Fsp3) is 0.500. The van der Waals surface area contributed by atoms with Crippen LogP contribution < -0.4 is 5.32 Å². The summed E-state index contributed by atoms with van der Waals surface area (Å²) in [5.74, 6) is 1.87. The summed E-state index contributed by atoms with van der Waals surface area (Å²) in [7, 11) is 1.91. The SMILES string of the molecule is Cc1nn(C)c(C)c1[C@@H](C)C(=O)NCCSCc1cccs1. The van der Waals surface area contributed by atoms with E-state index in [2.05, 4.69) is 27.9 Å². The summed E-state index contributed by atoms with van der Waals surface area (Å²) in [5, 5.41) is 9.51. The minimum absolute atomic E-state index is 0.0796. The molecule has 1 amide bonds. The molecular weight excluding hydrogens is 314 g/mol. The minimum atomic E-state index is -0.156. The first kappa shape index (κ1) is 17.1. The Bertz CT molecular complexity index is 620. The molecule has 4 nitrogen and oxygen atoms in total. The number of hydrogen-bond donors (Lipinski definition) is 1. The molecule has 1 N–H and O–H groups in total. The molecule has 22 heavy (non-hydrogen) atoms. The highest BCUT2D eigenvalue weighted by Gasteiger charge is 2.22. The lowest BCUT2D eigenvalue weighted by Gasteiger charge is -2.13. The van der Waals surface area contributed by atoms with Crippen molar-refractivity contribution in [2.45, 2.75) is 32.4 Å². The number of thioether (sulfide) groups is 1. The summed E-state index contributed by atoms with van der Waals surface area (Å²) in [6, 6.07) is 4.22. The van der Waals surface area contributed by atoms with Crippen LogP contribution in [0.4, 0.5) is 0 Å². The Morgan fingerprint density at radius 1 is 1.50 bits per heavy atom. The molecule has 1 atom stereocenters. The van der Waals surface area contributed by atoms with E-state index in [1.54, 1.807) is 11.3 Å². The van der Waals surface area contributed by atoms with Gasteiger partial charge >= 0.3 is 0 Å². The van der Waals surface area contributed by atoms with Gasteiger partial charge in [0.05, 0.1) is 11.6 Å². The van der Waals surface area contributed by atoms with Crippen molar-refractivity contribution in [1.29, 1.82) is 0 Å². The van der Waals surface area contributed by atoms with E-state index >= 15 is 0 Å². The first-order valence-electron chi connectivity index (χ1n) is 7.38. The van der Waals surface area contributed by atoms with Crippen molar-refractivity contribution in [2.75, 3.05) is 12.3 Å². The molecule has 2 rings (SSSR count). The molecule has 0 spiro atoms. The normalized spacial score (nSPS) is 12.4. The fourth-order valence-corrected chi connectivity index (χ4v) is 4.21. The van der Waals surface area contributed by atoms with Crippen molar-refractivity contribution < 1.29 is 4.79 Å². The Labute approximate surface area is 140 Å². The topological polar surface area (TPSA) is 46.9 Å². The zero-order valence-electron chi connectivity index (χ0n) is 13.5. The van der Waals surface area contributed by atoms with Gasteiger partial charge in [-0.1, -0.05) is 6.07 Å². The molecule has 120 valence electrons. The number of amides is 1. The molecule has 2 aromatic rings. The van der Waals surface area contributed by atoms with E-state index in [0.29, 0.717) is 6.54 Å². The van der Waals surface area contributed by atoms with Crippen LogP contribution >= 0.6 is 23.1 Å².